The Hall–Kier alpha value is -3.15. The van der Waals surface area contributed by atoms with Crippen LogP contribution in [0.4, 0.5) is 5.69 Å². The van der Waals surface area contributed by atoms with Crippen LogP contribution in [0.15, 0.2) is 48.5 Å². The molecule has 0 aromatic heterocycles. The molecule has 1 saturated carbocycles. The van der Waals surface area contributed by atoms with E-state index in [1.54, 1.807) is 0 Å². The maximum absolute atomic E-state index is 12.9. The Bertz CT molecular complexity index is 981. The number of carbonyl (C=O) groups excluding carboxylic acids is 3. The molecule has 0 spiro atoms. The summed E-state index contributed by atoms with van der Waals surface area (Å²) in [5, 5.41) is 2.95. The third-order valence-electron chi connectivity index (χ3n) is 5.93. The smallest absolute Gasteiger partial charge is 0.247 e. The number of nitrogens with one attached hydrogen (secondary N) is 1. The van der Waals surface area contributed by atoms with Crippen molar-refractivity contribution in [3.63, 3.8) is 0 Å². The average molecular weight is 391 g/mol. The second-order valence-electron chi connectivity index (χ2n) is 8.04. The van der Waals surface area contributed by atoms with Crippen molar-refractivity contribution < 1.29 is 14.4 Å². The first kappa shape index (κ1) is 19.2. The molecule has 4 rings (SSSR count). The first-order valence-electron chi connectivity index (χ1n) is 10.00. The van der Waals surface area contributed by atoms with Gasteiger partial charge in [0.05, 0.1) is 0 Å². The van der Waals surface area contributed by atoms with Crippen molar-refractivity contribution in [2.24, 2.45) is 11.1 Å². The number of carbonyl (C=O) groups is 3. The number of benzene rings is 2. The van der Waals surface area contributed by atoms with E-state index >= 15 is 0 Å². The van der Waals surface area contributed by atoms with Crippen LogP contribution in [0.5, 0.6) is 0 Å². The summed E-state index contributed by atoms with van der Waals surface area (Å²) in [6.45, 7) is 2.52. The van der Waals surface area contributed by atoms with Gasteiger partial charge in [0.15, 0.2) is 0 Å². The van der Waals surface area contributed by atoms with Crippen LogP contribution in [0, 0.1) is 12.3 Å². The van der Waals surface area contributed by atoms with Crippen molar-refractivity contribution in [1.82, 2.24) is 4.90 Å². The van der Waals surface area contributed by atoms with E-state index in [2.05, 4.69) is 11.4 Å². The number of amides is 3. The standard InChI is InChI=1S/C23H25N3O3/c1-15-5-2-6-16(13-15)17-7-3-8-18(14-17)25-20(27)19-9-4-12-26(19)22(29)23(10-11-23)21(24)28/h2-3,5-8,13-14,19H,4,9-12H2,1H3,(H2,24,28)(H,25,27). The molecule has 1 saturated heterocycles. The lowest BCUT2D eigenvalue weighted by atomic mass is 10.0. The minimum absolute atomic E-state index is 0.225. The second-order valence-corrected chi connectivity index (χ2v) is 8.04. The Morgan fingerprint density at radius 3 is 2.41 bits per heavy atom. The van der Waals surface area contributed by atoms with E-state index in [1.165, 1.54) is 10.5 Å². The van der Waals surface area contributed by atoms with E-state index in [-0.39, 0.29) is 11.8 Å². The van der Waals surface area contributed by atoms with Crippen molar-refractivity contribution in [3.8, 4) is 11.1 Å². The molecule has 29 heavy (non-hydrogen) atoms. The van der Waals surface area contributed by atoms with Gasteiger partial charge in [-0.05, 0) is 55.9 Å². The molecule has 6 heteroatoms. The van der Waals surface area contributed by atoms with Crippen molar-refractivity contribution >= 4 is 23.4 Å². The molecule has 150 valence electrons. The number of hydrogen-bond acceptors (Lipinski definition) is 3. The number of aryl methyl sites for hydroxylation is 1. The normalized spacial score (nSPS) is 19.6. The number of rotatable bonds is 5. The Labute approximate surface area is 170 Å². The van der Waals surface area contributed by atoms with Crippen LogP contribution >= 0.6 is 0 Å². The first-order chi connectivity index (χ1) is 13.9. The van der Waals surface area contributed by atoms with Gasteiger partial charge in [-0.1, -0.05) is 42.0 Å². The van der Waals surface area contributed by atoms with Crippen molar-refractivity contribution in [1.29, 1.82) is 0 Å². The molecule has 1 unspecified atom stereocenters. The van der Waals surface area contributed by atoms with Gasteiger partial charge in [-0.15, -0.1) is 0 Å². The van der Waals surface area contributed by atoms with Gasteiger partial charge in [0.2, 0.25) is 17.7 Å². The number of hydrogen-bond donors (Lipinski definition) is 2. The second kappa shape index (κ2) is 7.35. The minimum atomic E-state index is -1.09. The van der Waals surface area contributed by atoms with E-state index in [0.29, 0.717) is 31.5 Å². The average Bonchev–Trinajstić information content (AvgIpc) is 3.38. The zero-order chi connectivity index (χ0) is 20.6. The molecule has 1 aliphatic heterocycles. The summed E-state index contributed by atoms with van der Waals surface area (Å²) < 4.78 is 0. The Morgan fingerprint density at radius 1 is 1.07 bits per heavy atom. The van der Waals surface area contributed by atoms with Crippen LogP contribution in [0.2, 0.25) is 0 Å². The van der Waals surface area contributed by atoms with E-state index in [0.717, 1.165) is 17.5 Å². The topological polar surface area (TPSA) is 92.5 Å². The van der Waals surface area contributed by atoms with Crippen LogP contribution < -0.4 is 11.1 Å². The summed E-state index contributed by atoms with van der Waals surface area (Å²) in [5.41, 5.74) is 8.29. The molecule has 2 aliphatic rings. The SMILES string of the molecule is Cc1cccc(-c2cccc(NC(=O)C3CCCN3C(=O)C3(C(N)=O)CC3)c2)c1. The van der Waals surface area contributed by atoms with Gasteiger partial charge in [-0.2, -0.15) is 0 Å². The van der Waals surface area contributed by atoms with Gasteiger partial charge in [-0.3, -0.25) is 14.4 Å². The van der Waals surface area contributed by atoms with Gasteiger partial charge in [0.25, 0.3) is 0 Å². The van der Waals surface area contributed by atoms with Crippen LogP contribution in [0.25, 0.3) is 11.1 Å². The molecule has 3 amide bonds. The highest BCUT2D eigenvalue weighted by atomic mass is 16.2. The molecule has 2 aromatic rings. The highest BCUT2D eigenvalue weighted by molar-refractivity contribution is 6.09. The monoisotopic (exact) mass is 391 g/mol. The van der Waals surface area contributed by atoms with Crippen LogP contribution in [-0.2, 0) is 14.4 Å². The number of nitrogens with zero attached hydrogens (tertiary/aromatic N) is 1. The third-order valence-corrected chi connectivity index (χ3v) is 5.93. The van der Waals surface area contributed by atoms with E-state index in [1.807, 2.05) is 49.4 Å². The lowest BCUT2D eigenvalue weighted by molar-refractivity contribution is -0.146. The van der Waals surface area contributed by atoms with E-state index < -0.39 is 17.4 Å². The fourth-order valence-electron chi connectivity index (χ4n) is 4.07. The first-order valence-corrected chi connectivity index (χ1v) is 10.00. The summed E-state index contributed by atoms with van der Waals surface area (Å²) in [5.74, 6) is -1.10. The zero-order valence-electron chi connectivity index (χ0n) is 16.5. The Morgan fingerprint density at radius 2 is 1.76 bits per heavy atom. The predicted octanol–water partition coefficient (Wildman–Crippen LogP) is 2.86. The molecule has 3 N–H and O–H groups in total. The molecule has 1 heterocycles. The highest BCUT2D eigenvalue weighted by Crippen LogP contribution is 2.48. The molecule has 1 atom stereocenters. The third kappa shape index (κ3) is 3.62. The Balaban J connectivity index is 1.50. The summed E-state index contributed by atoms with van der Waals surface area (Å²) in [7, 11) is 0. The minimum Gasteiger partial charge on any atom is -0.369 e. The lowest BCUT2D eigenvalue weighted by Gasteiger charge is -2.27. The summed E-state index contributed by atoms with van der Waals surface area (Å²) >= 11 is 0. The summed E-state index contributed by atoms with van der Waals surface area (Å²) in [6, 6.07) is 15.3. The molecule has 2 fully saturated rings. The fourth-order valence-corrected chi connectivity index (χ4v) is 4.07. The molecular weight excluding hydrogens is 366 g/mol. The summed E-state index contributed by atoms with van der Waals surface area (Å²) in [6.07, 6.45) is 2.28. The largest absolute Gasteiger partial charge is 0.369 e. The maximum Gasteiger partial charge on any atom is 0.247 e. The molecule has 2 aromatic carbocycles. The number of anilines is 1. The van der Waals surface area contributed by atoms with Gasteiger partial charge in [0, 0.05) is 12.2 Å². The van der Waals surface area contributed by atoms with E-state index in [4.69, 9.17) is 5.73 Å². The molecule has 0 bridgehead atoms. The lowest BCUT2D eigenvalue weighted by Crippen LogP contribution is -2.49. The van der Waals surface area contributed by atoms with Crippen molar-refractivity contribution in [3.05, 3.63) is 54.1 Å². The van der Waals surface area contributed by atoms with Crippen LogP contribution in [-0.4, -0.2) is 35.2 Å². The number of primary amides is 1. The molecular formula is C23H25N3O3. The molecule has 1 aliphatic carbocycles. The Kier molecular flexibility index (Phi) is 4.86. The maximum atomic E-state index is 12.9. The number of nitrogens with two attached hydrogens (primary N) is 1. The number of likely N-dealkylation sites (tertiary alicyclic amines) is 1. The van der Waals surface area contributed by atoms with Gasteiger partial charge in [0.1, 0.15) is 11.5 Å². The highest BCUT2D eigenvalue weighted by Gasteiger charge is 2.58. The van der Waals surface area contributed by atoms with Crippen molar-refractivity contribution in [2.75, 3.05) is 11.9 Å². The predicted molar refractivity (Wildman–Crippen MR) is 111 cm³/mol. The molecule has 6 nitrogen and oxygen atoms in total. The zero-order valence-corrected chi connectivity index (χ0v) is 16.5. The van der Waals surface area contributed by atoms with Crippen LogP contribution in [0.3, 0.4) is 0 Å². The van der Waals surface area contributed by atoms with E-state index in [9.17, 15) is 14.4 Å². The van der Waals surface area contributed by atoms with Gasteiger partial charge in [-0.25, -0.2) is 0 Å². The fraction of sp³-hybridized carbons (Fsp3) is 0.348. The summed E-state index contributed by atoms with van der Waals surface area (Å²) in [4.78, 5) is 39.0. The van der Waals surface area contributed by atoms with Gasteiger partial charge < -0.3 is 16.0 Å². The quantitative estimate of drug-likeness (QED) is 0.768. The van der Waals surface area contributed by atoms with Crippen LogP contribution in [0.1, 0.15) is 31.2 Å². The molecule has 0 radical (unpaired) electrons. The van der Waals surface area contributed by atoms with Crippen molar-refractivity contribution in [2.45, 2.75) is 38.6 Å². The van der Waals surface area contributed by atoms with Gasteiger partial charge >= 0.3 is 0 Å².